The third-order valence-electron chi connectivity index (χ3n) is 2.86. The maximum Gasteiger partial charge on any atom is 0.273 e. The smallest absolute Gasteiger partial charge is 0.273 e. The Morgan fingerprint density at radius 3 is 2.42 bits per heavy atom. The topological polar surface area (TPSA) is 90.7 Å². The Morgan fingerprint density at radius 2 is 1.83 bits per heavy atom. The van der Waals surface area contributed by atoms with Crippen LogP contribution in [0.3, 0.4) is 0 Å². The molecule has 0 aliphatic rings. The molecule has 0 bridgehead atoms. The number of hydrogen-bond donors (Lipinski definition) is 1. The Kier molecular flexibility index (Phi) is 5.25. The largest absolute Gasteiger partial charge is 0.493 e. The molecule has 0 heterocycles. The van der Waals surface area contributed by atoms with E-state index in [-0.39, 0.29) is 22.9 Å². The SMILES string of the molecule is COc1ccc([N+](=O)[O-])cc1OCC(=O)Nc1cc(F)cc(F)c1. The zero-order chi connectivity index (χ0) is 17.7. The number of methoxy groups -OCH3 is 1. The molecule has 0 unspecified atom stereocenters. The maximum absolute atomic E-state index is 13.0. The first kappa shape index (κ1) is 17.1. The summed E-state index contributed by atoms with van der Waals surface area (Å²) in [5, 5.41) is 13.0. The Hall–Kier alpha value is -3.23. The number of ether oxygens (including phenoxy) is 2. The van der Waals surface area contributed by atoms with E-state index >= 15 is 0 Å². The van der Waals surface area contributed by atoms with Crippen molar-refractivity contribution in [3.05, 3.63) is 58.1 Å². The lowest BCUT2D eigenvalue weighted by molar-refractivity contribution is -0.385. The number of nitrogens with zero attached hydrogens (tertiary/aromatic N) is 1. The lowest BCUT2D eigenvalue weighted by Crippen LogP contribution is -2.20. The second-order valence-electron chi connectivity index (χ2n) is 4.59. The predicted molar refractivity (Wildman–Crippen MR) is 80.1 cm³/mol. The Morgan fingerprint density at radius 1 is 1.17 bits per heavy atom. The van der Waals surface area contributed by atoms with Gasteiger partial charge in [0.05, 0.1) is 18.1 Å². The van der Waals surface area contributed by atoms with Crippen molar-refractivity contribution in [2.45, 2.75) is 0 Å². The van der Waals surface area contributed by atoms with Crippen molar-refractivity contribution in [3.63, 3.8) is 0 Å². The van der Waals surface area contributed by atoms with Gasteiger partial charge in [-0.05, 0) is 18.2 Å². The Balaban J connectivity index is 2.05. The molecule has 2 aromatic rings. The summed E-state index contributed by atoms with van der Waals surface area (Å²) >= 11 is 0. The van der Waals surface area contributed by atoms with Crippen LogP contribution in [-0.4, -0.2) is 24.5 Å². The van der Waals surface area contributed by atoms with Crippen molar-refractivity contribution in [1.82, 2.24) is 0 Å². The molecule has 0 atom stereocenters. The fourth-order valence-corrected chi connectivity index (χ4v) is 1.86. The summed E-state index contributed by atoms with van der Waals surface area (Å²) in [6, 6.07) is 6.20. The summed E-state index contributed by atoms with van der Waals surface area (Å²) in [5.74, 6) is -2.19. The molecule has 2 rings (SSSR count). The van der Waals surface area contributed by atoms with Gasteiger partial charge < -0.3 is 14.8 Å². The number of anilines is 1. The first-order valence-electron chi connectivity index (χ1n) is 6.60. The minimum atomic E-state index is -0.841. The van der Waals surface area contributed by atoms with Gasteiger partial charge in [0.1, 0.15) is 11.6 Å². The lowest BCUT2D eigenvalue weighted by atomic mass is 10.3. The zero-order valence-corrected chi connectivity index (χ0v) is 12.4. The van der Waals surface area contributed by atoms with Crippen molar-refractivity contribution in [3.8, 4) is 11.5 Å². The fraction of sp³-hybridized carbons (Fsp3) is 0.133. The number of nitro benzene ring substituents is 1. The number of nitrogens with one attached hydrogen (secondary N) is 1. The molecule has 7 nitrogen and oxygen atoms in total. The molecule has 1 N–H and O–H groups in total. The van der Waals surface area contributed by atoms with Crippen LogP contribution in [0, 0.1) is 21.7 Å². The summed E-state index contributed by atoms with van der Waals surface area (Å²) < 4.78 is 36.3. The number of carbonyl (C=O) groups excluding carboxylic acids is 1. The van der Waals surface area contributed by atoms with E-state index in [1.807, 2.05) is 0 Å². The van der Waals surface area contributed by atoms with Crippen molar-refractivity contribution < 1.29 is 28.0 Å². The average Bonchev–Trinajstić information content (AvgIpc) is 2.51. The molecular formula is C15H12F2N2O5. The van der Waals surface area contributed by atoms with Gasteiger partial charge in [-0.1, -0.05) is 0 Å². The monoisotopic (exact) mass is 338 g/mol. The van der Waals surface area contributed by atoms with E-state index in [4.69, 9.17) is 9.47 Å². The fourth-order valence-electron chi connectivity index (χ4n) is 1.86. The maximum atomic E-state index is 13.0. The minimum Gasteiger partial charge on any atom is -0.493 e. The number of carbonyl (C=O) groups is 1. The van der Waals surface area contributed by atoms with Crippen LogP contribution in [0.25, 0.3) is 0 Å². The minimum absolute atomic E-state index is 0.00715. The van der Waals surface area contributed by atoms with Gasteiger partial charge in [-0.3, -0.25) is 14.9 Å². The van der Waals surface area contributed by atoms with Crippen LogP contribution >= 0.6 is 0 Å². The summed E-state index contributed by atoms with van der Waals surface area (Å²) in [4.78, 5) is 21.9. The molecule has 0 aliphatic carbocycles. The van der Waals surface area contributed by atoms with Gasteiger partial charge in [0.15, 0.2) is 18.1 Å². The normalized spacial score (nSPS) is 10.1. The highest BCUT2D eigenvalue weighted by Gasteiger charge is 2.14. The van der Waals surface area contributed by atoms with Crippen molar-refractivity contribution in [2.75, 3.05) is 19.0 Å². The van der Waals surface area contributed by atoms with Gasteiger partial charge in [0, 0.05) is 17.8 Å². The van der Waals surface area contributed by atoms with E-state index in [0.29, 0.717) is 6.07 Å². The average molecular weight is 338 g/mol. The molecule has 0 aromatic heterocycles. The number of non-ortho nitro benzene ring substituents is 1. The summed E-state index contributed by atoms with van der Waals surface area (Å²) in [5.41, 5.74) is -0.314. The number of benzene rings is 2. The van der Waals surface area contributed by atoms with E-state index in [0.717, 1.165) is 18.2 Å². The molecule has 126 valence electrons. The van der Waals surface area contributed by atoms with Gasteiger partial charge in [-0.2, -0.15) is 0 Å². The van der Waals surface area contributed by atoms with Crippen LogP contribution in [0.15, 0.2) is 36.4 Å². The van der Waals surface area contributed by atoms with E-state index < -0.39 is 29.1 Å². The third-order valence-corrected chi connectivity index (χ3v) is 2.86. The van der Waals surface area contributed by atoms with Crippen LogP contribution < -0.4 is 14.8 Å². The summed E-state index contributed by atoms with van der Waals surface area (Å²) in [6.45, 7) is -0.532. The van der Waals surface area contributed by atoms with Gasteiger partial charge in [0.2, 0.25) is 0 Å². The molecule has 0 radical (unpaired) electrons. The molecule has 9 heteroatoms. The molecule has 0 saturated heterocycles. The zero-order valence-electron chi connectivity index (χ0n) is 12.4. The number of amides is 1. The standard InChI is InChI=1S/C15H12F2N2O5/c1-23-13-3-2-12(19(21)22)7-14(13)24-8-15(20)18-11-5-9(16)4-10(17)6-11/h2-7H,8H2,1H3,(H,18,20). The van der Waals surface area contributed by atoms with Crippen LogP contribution in [0.4, 0.5) is 20.2 Å². The van der Waals surface area contributed by atoms with E-state index in [1.165, 1.54) is 19.2 Å². The second kappa shape index (κ2) is 7.36. The highest BCUT2D eigenvalue weighted by Crippen LogP contribution is 2.31. The molecule has 0 spiro atoms. The van der Waals surface area contributed by atoms with Gasteiger partial charge >= 0.3 is 0 Å². The molecule has 0 saturated carbocycles. The molecular weight excluding hydrogens is 326 g/mol. The summed E-state index contributed by atoms with van der Waals surface area (Å²) in [6.07, 6.45) is 0. The molecule has 0 fully saturated rings. The number of nitro groups is 1. The van der Waals surface area contributed by atoms with E-state index in [2.05, 4.69) is 5.32 Å². The first-order chi connectivity index (χ1) is 11.4. The second-order valence-corrected chi connectivity index (χ2v) is 4.59. The Labute approximate surface area is 135 Å². The predicted octanol–water partition coefficient (Wildman–Crippen LogP) is 2.90. The molecule has 1 amide bonds. The lowest BCUT2D eigenvalue weighted by Gasteiger charge is -2.10. The van der Waals surface area contributed by atoms with E-state index in [9.17, 15) is 23.7 Å². The first-order valence-corrected chi connectivity index (χ1v) is 6.60. The third kappa shape index (κ3) is 4.38. The quantitative estimate of drug-likeness (QED) is 0.646. The molecule has 2 aromatic carbocycles. The van der Waals surface area contributed by atoms with Crippen LogP contribution in [0.2, 0.25) is 0 Å². The van der Waals surface area contributed by atoms with Gasteiger partial charge in [-0.15, -0.1) is 0 Å². The highest BCUT2D eigenvalue weighted by molar-refractivity contribution is 5.91. The van der Waals surface area contributed by atoms with Crippen molar-refractivity contribution in [1.29, 1.82) is 0 Å². The van der Waals surface area contributed by atoms with Gasteiger partial charge in [-0.25, -0.2) is 8.78 Å². The molecule has 0 aliphatic heterocycles. The van der Waals surface area contributed by atoms with Crippen molar-refractivity contribution in [2.24, 2.45) is 0 Å². The van der Waals surface area contributed by atoms with Gasteiger partial charge in [0.25, 0.3) is 11.6 Å². The summed E-state index contributed by atoms with van der Waals surface area (Å²) in [7, 11) is 1.34. The van der Waals surface area contributed by atoms with Crippen LogP contribution in [0.1, 0.15) is 0 Å². The number of rotatable bonds is 6. The highest BCUT2D eigenvalue weighted by atomic mass is 19.1. The Bertz CT molecular complexity index is 762. The van der Waals surface area contributed by atoms with Crippen molar-refractivity contribution >= 4 is 17.3 Å². The van der Waals surface area contributed by atoms with E-state index in [1.54, 1.807) is 0 Å². The molecule has 24 heavy (non-hydrogen) atoms. The number of hydrogen-bond acceptors (Lipinski definition) is 5. The van der Waals surface area contributed by atoms with Crippen LogP contribution in [-0.2, 0) is 4.79 Å². The number of halogens is 2. The van der Waals surface area contributed by atoms with Crippen LogP contribution in [0.5, 0.6) is 11.5 Å².